The molecule has 2 aromatic rings. The third-order valence-corrected chi connectivity index (χ3v) is 6.18. The maximum Gasteiger partial charge on any atom is 0.231 e. The first-order chi connectivity index (χ1) is 12.0. The van der Waals surface area contributed by atoms with Gasteiger partial charge in [0, 0.05) is 25.5 Å². The first-order valence-corrected chi connectivity index (χ1v) is 9.45. The van der Waals surface area contributed by atoms with Crippen LogP contribution in [0, 0.1) is 0 Å². The Morgan fingerprint density at radius 2 is 2.12 bits per heavy atom. The lowest BCUT2D eigenvalue weighted by Crippen LogP contribution is -2.39. The Kier molecular flexibility index (Phi) is 4.16. The van der Waals surface area contributed by atoms with E-state index in [1.54, 1.807) is 30.4 Å². The predicted octanol–water partition coefficient (Wildman–Crippen LogP) is 1.15. The van der Waals surface area contributed by atoms with E-state index in [-0.39, 0.29) is 26.0 Å². The monoisotopic (exact) mass is 365 g/mol. The average molecular weight is 365 g/mol. The first-order valence-electron chi connectivity index (χ1n) is 7.90. The second kappa shape index (κ2) is 6.34. The van der Waals surface area contributed by atoms with Crippen molar-refractivity contribution in [3.8, 4) is 11.5 Å². The number of hydrogen-bond donors (Lipinski definition) is 2. The SMILES string of the molecule is CN1OCC(S(=O)(=O)NCc2ccc3c(c2)OCO3)C1c1ccc[nH]1. The number of H-pyrrole nitrogens is 1. The minimum Gasteiger partial charge on any atom is -0.454 e. The van der Waals surface area contributed by atoms with Gasteiger partial charge in [-0.1, -0.05) is 6.07 Å². The van der Waals surface area contributed by atoms with Crippen molar-refractivity contribution in [2.24, 2.45) is 0 Å². The van der Waals surface area contributed by atoms with Crippen LogP contribution in [0.2, 0.25) is 0 Å². The van der Waals surface area contributed by atoms with Gasteiger partial charge in [-0.15, -0.1) is 0 Å². The summed E-state index contributed by atoms with van der Waals surface area (Å²) in [4.78, 5) is 8.53. The van der Waals surface area contributed by atoms with E-state index in [0.29, 0.717) is 11.5 Å². The molecular formula is C16H19N3O5S. The Hall–Kier alpha value is -2.07. The summed E-state index contributed by atoms with van der Waals surface area (Å²) < 4.78 is 38.9. The van der Waals surface area contributed by atoms with Crippen molar-refractivity contribution in [1.29, 1.82) is 0 Å². The zero-order valence-electron chi connectivity index (χ0n) is 13.6. The summed E-state index contributed by atoms with van der Waals surface area (Å²) in [5.41, 5.74) is 1.61. The van der Waals surface area contributed by atoms with Crippen LogP contribution in [0.1, 0.15) is 17.3 Å². The normalized spacial score (nSPS) is 23.2. The number of hydroxylamine groups is 2. The molecule has 1 saturated heterocycles. The maximum atomic E-state index is 12.8. The van der Waals surface area contributed by atoms with E-state index >= 15 is 0 Å². The Labute approximate surface area is 145 Å². The molecule has 4 rings (SSSR count). The summed E-state index contributed by atoms with van der Waals surface area (Å²) >= 11 is 0. The molecule has 2 atom stereocenters. The third-order valence-electron chi connectivity index (χ3n) is 4.44. The molecule has 1 aromatic heterocycles. The molecule has 0 saturated carbocycles. The molecule has 0 radical (unpaired) electrons. The van der Waals surface area contributed by atoms with Gasteiger partial charge in [0.05, 0.1) is 12.6 Å². The highest BCUT2D eigenvalue weighted by molar-refractivity contribution is 7.90. The Balaban J connectivity index is 1.49. The van der Waals surface area contributed by atoms with Crippen molar-refractivity contribution in [2.75, 3.05) is 20.4 Å². The predicted molar refractivity (Wildman–Crippen MR) is 89.4 cm³/mol. The number of aromatic amines is 1. The third kappa shape index (κ3) is 3.11. The molecule has 0 spiro atoms. The van der Waals surface area contributed by atoms with E-state index in [1.807, 2.05) is 18.2 Å². The van der Waals surface area contributed by atoms with Crippen molar-refractivity contribution < 1.29 is 22.7 Å². The number of aromatic nitrogens is 1. The van der Waals surface area contributed by atoms with E-state index in [1.165, 1.54) is 0 Å². The zero-order valence-corrected chi connectivity index (χ0v) is 14.5. The van der Waals surface area contributed by atoms with Crippen LogP contribution in [0.3, 0.4) is 0 Å². The Bertz CT molecular complexity index is 853. The van der Waals surface area contributed by atoms with Crippen LogP contribution >= 0.6 is 0 Å². The average Bonchev–Trinajstić information content (AvgIpc) is 3.32. The molecule has 25 heavy (non-hydrogen) atoms. The van der Waals surface area contributed by atoms with Crippen LogP contribution in [-0.4, -0.2) is 44.2 Å². The standard InChI is InChI=1S/C16H19N3O5S/c1-19-16(12-3-2-6-17-12)15(9-24-19)25(20,21)18-8-11-4-5-13-14(7-11)23-10-22-13/h2-7,15-18H,8-10H2,1H3. The van der Waals surface area contributed by atoms with Gasteiger partial charge in [0.1, 0.15) is 5.25 Å². The fourth-order valence-corrected chi connectivity index (χ4v) is 4.60. The number of ether oxygens (including phenoxy) is 2. The fraction of sp³-hybridized carbons (Fsp3) is 0.375. The second-order valence-electron chi connectivity index (χ2n) is 6.00. The topological polar surface area (TPSA) is 92.9 Å². The van der Waals surface area contributed by atoms with Gasteiger partial charge in [-0.25, -0.2) is 13.1 Å². The number of fused-ring (bicyclic) bond motifs is 1. The lowest BCUT2D eigenvalue weighted by atomic mass is 10.1. The Morgan fingerprint density at radius 3 is 2.92 bits per heavy atom. The molecule has 0 bridgehead atoms. The summed E-state index contributed by atoms with van der Waals surface area (Å²) in [7, 11) is -1.85. The van der Waals surface area contributed by atoms with Gasteiger partial charge in [-0.2, -0.15) is 5.06 Å². The number of benzene rings is 1. The van der Waals surface area contributed by atoms with Crippen molar-refractivity contribution in [3.63, 3.8) is 0 Å². The molecular weight excluding hydrogens is 346 g/mol. The van der Waals surface area contributed by atoms with E-state index in [9.17, 15) is 8.42 Å². The summed E-state index contributed by atoms with van der Waals surface area (Å²) in [6, 6.07) is 8.69. The van der Waals surface area contributed by atoms with E-state index in [0.717, 1.165) is 11.3 Å². The molecule has 8 nitrogen and oxygen atoms in total. The number of nitrogens with zero attached hydrogens (tertiary/aromatic N) is 1. The highest BCUT2D eigenvalue weighted by Gasteiger charge is 2.43. The van der Waals surface area contributed by atoms with Gasteiger partial charge in [0.2, 0.25) is 16.8 Å². The molecule has 0 amide bonds. The van der Waals surface area contributed by atoms with Crippen LogP contribution in [0.25, 0.3) is 0 Å². The van der Waals surface area contributed by atoms with Crippen molar-refractivity contribution in [3.05, 3.63) is 47.8 Å². The number of rotatable bonds is 5. The smallest absolute Gasteiger partial charge is 0.231 e. The molecule has 0 aliphatic carbocycles. The quantitative estimate of drug-likeness (QED) is 0.826. The van der Waals surface area contributed by atoms with Gasteiger partial charge < -0.3 is 14.5 Å². The molecule has 2 aliphatic rings. The highest BCUT2D eigenvalue weighted by Crippen LogP contribution is 2.34. The molecule has 134 valence electrons. The molecule has 2 unspecified atom stereocenters. The van der Waals surface area contributed by atoms with Crippen molar-refractivity contribution >= 4 is 10.0 Å². The lowest BCUT2D eigenvalue weighted by Gasteiger charge is -2.21. The molecule has 9 heteroatoms. The second-order valence-corrected chi connectivity index (χ2v) is 7.99. The van der Waals surface area contributed by atoms with Crippen LogP contribution in [0.4, 0.5) is 0 Å². The summed E-state index contributed by atoms with van der Waals surface area (Å²) in [6.45, 7) is 0.474. The van der Waals surface area contributed by atoms with Crippen LogP contribution in [0.15, 0.2) is 36.5 Å². The highest BCUT2D eigenvalue weighted by atomic mass is 32.2. The molecule has 2 N–H and O–H groups in total. The molecule has 1 fully saturated rings. The van der Waals surface area contributed by atoms with Gasteiger partial charge in [0.15, 0.2) is 11.5 Å². The van der Waals surface area contributed by atoms with E-state index in [2.05, 4.69) is 9.71 Å². The summed E-state index contributed by atoms with van der Waals surface area (Å²) in [6.07, 6.45) is 1.77. The van der Waals surface area contributed by atoms with Crippen LogP contribution < -0.4 is 14.2 Å². The van der Waals surface area contributed by atoms with Crippen molar-refractivity contribution in [1.82, 2.24) is 14.8 Å². The fourth-order valence-electron chi connectivity index (χ4n) is 3.12. The van der Waals surface area contributed by atoms with Gasteiger partial charge in [-0.05, 0) is 29.8 Å². The van der Waals surface area contributed by atoms with E-state index in [4.69, 9.17) is 14.3 Å². The minimum atomic E-state index is -3.59. The zero-order chi connectivity index (χ0) is 17.4. The van der Waals surface area contributed by atoms with Gasteiger partial charge >= 0.3 is 0 Å². The molecule has 1 aromatic carbocycles. The first kappa shape index (κ1) is 16.4. The molecule has 2 aliphatic heterocycles. The van der Waals surface area contributed by atoms with Crippen molar-refractivity contribution in [2.45, 2.75) is 17.8 Å². The lowest BCUT2D eigenvalue weighted by molar-refractivity contribution is -0.111. The van der Waals surface area contributed by atoms with Crippen LogP contribution in [0.5, 0.6) is 11.5 Å². The van der Waals surface area contributed by atoms with E-state index < -0.39 is 15.3 Å². The number of sulfonamides is 1. The minimum absolute atomic E-state index is 0.108. The van der Waals surface area contributed by atoms with Gasteiger partial charge in [-0.3, -0.25) is 4.84 Å². The summed E-state index contributed by atoms with van der Waals surface area (Å²) in [5, 5.41) is 0.876. The van der Waals surface area contributed by atoms with Crippen LogP contribution in [-0.2, 0) is 21.4 Å². The summed E-state index contributed by atoms with van der Waals surface area (Å²) in [5.74, 6) is 1.30. The number of nitrogens with one attached hydrogen (secondary N) is 2. The number of hydrogen-bond acceptors (Lipinski definition) is 6. The Morgan fingerprint density at radius 1 is 1.28 bits per heavy atom. The maximum absolute atomic E-state index is 12.8. The van der Waals surface area contributed by atoms with Gasteiger partial charge in [0.25, 0.3) is 0 Å². The largest absolute Gasteiger partial charge is 0.454 e. The molecule has 3 heterocycles.